The number of nitrogens with one attached hydrogen (secondary N) is 2. The number of benzene rings is 1. The van der Waals surface area contributed by atoms with Gasteiger partial charge in [-0.15, -0.1) is 6.58 Å². The van der Waals surface area contributed by atoms with Crippen molar-refractivity contribution >= 4 is 17.9 Å². The Hall–Kier alpha value is -2.83. The van der Waals surface area contributed by atoms with E-state index in [1.165, 1.54) is 0 Å². The molecule has 0 bridgehead atoms. The van der Waals surface area contributed by atoms with E-state index in [0.717, 1.165) is 5.56 Å². The zero-order chi connectivity index (χ0) is 17.2. The van der Waals surface area contributed by atoms with Crippen LogP contribution >= 0.6 is 0 Å². The normalized spacial score (nSPS) is 11.2. The first kappa shape index (κ1) is 18.2. The maximum atomic E-state index is 11.7. The van der Waals surface area contributed by atoms with Crippen molar-refractivity contribution in [2.75, 3.05) is 6.54 Å². The van der Waals surface area contributed by atoms with Gasteiger partial charge in [0, 0.05) is 0 Å². The van der Waals surface area contributed by atoms with Crippen molar-refractivity contribution in [1.29, 1.82) is 0 Å². The summed E-state index contributed by atoms with van der Waals surface area (Å²) in [5, 5.41) is 4.73. The molecule has 0 saturated heterocycles. The summed E-state index contributed by atoms with van der Waals surface area (Å²) in [6, 6.07) is 8.30. The molecule has 1 aromatic rings. The number of primary amides is 1. The smallest absolute Gasteiger partial charge is 0.407 e. The molecule has 23 heavy (non-hydrogen) atoms. The summed E-state index contributed by atoms with van der Waals surface area (Å²) in [4.78, 5) is 34.4. The van der Waals surface area contributed by atoms with Crippen molar-refractivity contribution < 1.29 is 19.1 Å². The molecule has 124 valence electrons. The molecule has 0 fully saturated rings. The van der Waals surface area contributed by atoms with E-state index in [9.17, 15) is 14.4 Å². The Kier molecular flexibility index (Phi) is 7.32. The van der Waals surface area contributed by atoms with Crippen LogP contribution in [0.2, 0.25) is 0 Å². The highest BCUT2D eigenvalue weighted by molar-refractivity contribution is 5.88. The molecule has 0 aromatic heterocycles. The van der Waals surface area contributed by atoms with Crippen LogP contribution in [0.15, 0.2) is 42.5 Å². The number of carbonyl (C=O) groups excluding carboxylic acids is 3. The first-order chi connectivity index (χ1) is 10.9. The molecule has 0 unspecified atom stereocenters. The largest absolute Gasteiger partial charge is 0.445 e. The summed E-state index contributed by atoms with van der Waals surface area (Å²) in [7, 11) is 0. The van der Waals surface area contributed by atoms with Gasteiger partial charge in [0.25, 0.3) is 0 Å². The number of hydrogen-bond donors (Lipinski definition) is 3. The monoisotopic (exact) mass is 319 g/mol. The van der Waals surface area contributed by atoms with Crippen LogP contribution in [0.5, 0.6) is 0 Å². The number of rotatable bonds is 8. The minimum Gasteiger partial charge on any atom is -0.445 e. The van der Waals surface area contributed by atoms with Crippen LogP contribution < -0.4 is 16.4 Å². The molecule has 0 aliphatic rings. The van der Waals surface area contributed by atoms with Gasteiger partial charge in [-0.2, -0.15) is 0 Å². The van der Waals surface area contributed by atoms with Gasteiger partial charge in [-0.25, -0.2) is 4.79 Å². The molecular weight excluding hydrogens is 298 g/mol. The van der Waals surface area contributed by atoms with E-state index in [1.807, 2.05) is 30.3 Å². The molecule has 7 heteroatoms. The minimum atomic E-state index is -0.845. The van der Waals surface area contributed by atoms with Crippen LogP contribution in [0.25, 0.3) is 0 Å². The standard InChI is InChI=1S/C16H21N3O4/c1-11(2)8-13(15(17)21)19-14(20)9-18-16(22)23-10-12-6-4-3-5-7-12/h3-7,13H,1,8-10H2,2H3,(H2,17,21)(H,18,22)(H,19,20)/t13-/m1/s1. The summed E-state index contributed by atoms with van der Waals surface area (Å²) in [5.41, 5.74) is 6.74. The van der Waals surface area contributed by atoms with Gasteiger partial charge in [0.2, 0.25) is 11.8 Å². The van der Waals surface area contributed by atoms with Crippen molar-refractivity contribution in [2.45, 2.75) is 26.0 Å². The Morgan fingerprint density at radius 3 is 2.48 bits per heavy atom. The molecule has 0 spiro atoms. The summed E-state index contributed by atoms with van der Waals surface area (Å²) in [5.74, 6) is -1.19. The molecule has 0 aliphatic carbocycles. The van der Waals surface area contributed by atoms with E-state index in [-0.39, 0.29) is 19.6 Å². The van der Waals surface area contributed by atoms with E-state index in [1.54, 1.807) is 6.92 Å². The second-order valence-corrected chi connectivity index (χ2v) is 5.10. The maximum absolute atomic E-state index is 11.7. The molecule has 1 atom stereocenters. The molecule has 0 radical (unpaired) electrons. The Labute approximate surface area is 134 Å². The van der Waals surface area contributed by atoms with Gasteiger partial charge >= 0.3 is 6.09 Å². The third kappa shape index (κ3) is 7.66. The number of amides is 3. The first-order valence-electron chi connectivity index (χ1n) is 7.06. The molecule has 1 rings (SSSR count). The molecule has 0 saturated carbocycles. The van der Waals surface area contributed by atoms with Crippen LogP contribution in [0.1, 0.15) is 18.9 Å². The topological polar surface area (TPSA) is 111 Å². The lowest BCUT2D eigenvalue weighted by atomic mass is 10.1. The lowest BCUT2D eigenvalue weighted by molar-refractivity contribution is -0.126. The summed E-state index contributed by atoms with van der Waals surface area (Å²) in [6.07, 6.45) is -0.473. The third-order valence-electron chi connectivity index (χ3n) is 2.84. The highest BCUT2D eigenvalue weighted by Crippen LogP contribution is 2.02. The minimum absolute atomic E-state index is 0.105. The van der Waals surface area contributed by atoms with Gasteiger partial charge in [-0.1, -0.05) is 35.9 Å². The van der Waals surface area contributed by atoms with E-state index in [2.05, 4.69) is 17.2 Å². The molecular formula is C16H21N3O4. The maximum Gasteiger partial charge on any atom is 0.407 e. The summed E-state index contributed by atoms with van der Waals surface area (Å²) in [6.45, 7) is 5.18. The second kappa shape index (κ2) is 9.24. The Morgan fingerprint density at radius 2 is 1.91 bits per heavy atom. The Morgan fingerprint density at radius 1 is 1.26 bits per heavy atom. The lowest BCUT2D eigenvalue weighted by Crippen LogP contribution is -2.48. The second-order valence-electron chi connectivity index (χ2n) is 5.10. The van der Waals surface area contributed by atoms with Crippen molar-refractivity contribution in [3.05, 3.63) is 48.0 Å². The lowest BCUT2D eigenvalue weighted by Gasteiger charge is -2.15. The number of alkyl carbamates (subject to hydrolysis) is 1. The molecule has 7 nitrogen and oxygen atoms in total. The van der Waals surface area contributed by atoms with Crippen molar-refractivity contribution in [3.63, 3.8) is 0 Å². The predicted molar refractivity (Wildman–Crippen MR) is 85.2 cm³/mol. The van der Waals surface area contributed by atoms with Crippen LogP contribution in [0.4, 0.5) is 4.79 Å². The van der Waals surface area contributed by atoms with Gasteiger partial charge in [-0.05, 0) is 18.9 Å². The van der Waals surface area contributed by atoms with Crippen molar-refractivity contribution in [3.8, 4) is 0 Å². The molecule has 1 aromatic carbocycles. The first-order valence-corrected chi connectivity index (χ1v) is 7.06. The van der Waals surface area contributed by atoms with Crippen LogP contribution in [-0.2, 0) is 20.9 Å². The number of hydrogen-bond acceptors (Lipinski definition) is 4. The zero-order valence-electron chi connectivity index (χ0n) is 13.0. The fourth-order valence-corrected chi connectivity index (χ4v) is 1.74. The van der Waals surface area contributed by atoms with Crippen LogP contribution in [0.3, 0.4) is 0 Å². The number of carbonyl (C=O) groups is 3. The number of nitrogens with two attached hydrogens (primary N) is 1. The molecule has 0 heterocycles. The van der Waals surface area contributed by atoms with E-state index in [4.69, 9.17) is 10.5 Å². The van der Waals surface area contributed by atoms with Crippen LogP contribution in [0, 0.1) is 0 Å². The van der Waals surface area contributed by atoms with Crippen LogP contribution in [-0.4, -0.2) is 30.5 Å². The van der Waals surface area contributed by atoms with Gasteiger partial charge in [-0.3, -0.25) is 9.59 Å². The van der Waals surface area contributed by atoms with E-state index < -0.39 is 23.9 Å². The molecule has 3 amide bonds. The van der Waals surface area contributed by atoms with Gasteiger partial charge in [0.05, 0.1) is 0 Å². The molecule has 0 aliphatic heterocycles. The van der Waals surface area contributed by atoms with Crippen molar-refractivity contribution in [1.82, 2.24) is 10.6 Å². The summed E-state index contributed by atoms with van der Waals surface area (Å²) < 4.78 is 4.96. The quantitative estimate of drug-likeness (QED) is 0.617. The highest BCUT2D eigenvalue weighted by atomic mass is 16.5. The Balaban J connectivity index is 2.32. The van der Waals surface area contributed by atoms with Gasteiger partial charge in [0.1, 0.15) is 19.2 Å². The highest BCUT2D eigenvalue weighted by Gasteiger charge is 2.18. The Bertz CT molecular complexity index is 572. The third-order valence-corrected chi connectivity index (χ3v) is 2.84. The predicted octanol–water partition coefficient (Wildman–Crippen LogP) is 0.849. The van der Waals surface area contributed by atoms with Gasteiger partial charge < -0.3 is 21.1 Å². The molecule has 4 N–H and O–H groups in total. The SMILES string of the molecule is C=C(C)C[C@@H](NC(=O)CNC(=O)OCc1ccccc1)C(N)=O. The summed E-state index contributed by atoms with van der Waals surface area (Å²) >= 11 is 0. The fourth-order valence-electron chi connectivity index (χ4n) is 1.74. The van der Waals surface area contributed by atoms with Crippen molar-refractivity contribution in [2.24, 2.45) is 5.73 Å². The fraction of sp³-hybridized carbons (Fsp3) is 0.312. The zero-order valence-corrected chi connectivity index (χ0v) is 13.0. The van der Waals surface area contributed by atoms with Gasteiger partial charge in [0.15, 0.2) is 0 Å². The average Bonchev–Trinajstić information content (AvgIpc) is 2.50. The van der Waals surface area contributed by atoms with E-state index in [0.29, 0.717) is 5.57 Å². The average molecular weight is 319 g/mol. The number of ether oxygens (including phenoxy) is 1. The van der Waals surface area contributed by atoms with E-state index >= 15 is 0 Å².